The molecule has 4 saturated heterocycles. The van der Waals surface area contributed by atoms with Crippen LogP contribution < -0.4 is 0 Å². The first-order chi connectivity index (χ1) is 17.9. The summed E-state index contributed by atoms with van der Waals surface area (Å²) in [5, 5.41) is 80.9. The van der Waals surface area contributed by atoms with Crippen LogP contribution in [-0.2, 0) is 37.9 Å². The van der Waals surface area contributed by atoms with E-state index >= 15 is 0 Å². The smallest absolute Gasteiger partial charge is 0.186 e. The zero-order valence-electron chi connectivity index (χ0n) is 21.0. The van der Waals surface area contributed by atoms with E-state index in [4.69, 9.17) is 37.9 Å². The first-order valence-corrected chi connectivity index (χ1v) is 12.4. The van der Waals surface area contributed by atoms with E-state index in [1.165, 1.54) is 0 Å². The van der Waals surface area contributed by atoms with Gasteiger partial charge in [-0.25, -0.2) is 0 Å². The Morgan fingerprint density at radius 1 is 0.816 bits per heavy atom. The van der Waals surface area contributed by atoms with Crippen LogP contribution >= 0.6 is 0 Å². The van der Waals surface area contributed by atoms with Crippen molar-refractivity contribution >= 4 is 0 Å². The topological polar surface area (TPSA) is 236 Å². The van der Waals surface area contributed by atoms with Crippen LogP contribution in [0.15, 0.2) is 0 Å². The molecule has 0 saturated carbocycles. The van der Waals surface area contributed by atoms with Crippen LogP contribution in [0.2, 0.25) is 0 Å². The van der Waals surface area contributed by atoms with Crippen molar-refractivity contribution in [2.45, 2.75) is 105 Å². The molecule has 4 rings (SSSR count). The van der Waals surface area contributed by atoms with Gasteiger partial charge in [-0.15, -0.1) is 0 Å². The molecule has 0 aromatic rings. The molecular formula is C22H38O16. The average molecular weight is 559 g/mol. The Kier molecular flexibility index (Phi) is 9.96. The van der Waals surface area contributed by atoms with Crippen LogP contribution in [0.1, 0.15) is 13.8 Å². The number of rotatable bonds is 9. The highest BCUT2D eigenvalue weighted by Gasteiger charge is 2.49. The number of hydrogen-bond donors (Lipinski definition) is 8. The van der Waals surface area contributed by atoms with Crippen molar-refractivity contribution in [2.75, 3.05) is 33.2 Å². The second kappa shape index (κ2) is 12.5. The lowest BCUT2D eigenvalue weighted by Gasteiger charge is -2.42. The van der Waals surface area contributed by atoms with Crippen LogP contribution in [0.5, 0.6) is 0 Å². The predicted octanol–water partition coefficient (Wildman–Crippen LogP) is -5.12. The van der Waals surface area contributed by atoms with Crippen LogP contribution in [-0.4, -0.2) is 166 Å². The molecule has 0 amide bonds. The van der Waals surface area contributed by atoms with Crippen molar-refractivity contribution in [3.05, 3.63) is 0 Å². The average Bonchev–Trinajstić information content (AvgIpc) is 3.52. The molecule has 0 radical (unpaired) electrons. The van der Waals surface area contributed by atoms with Gasteiger partial charge in [-0.05, 0) is 13.8 Å². The molecule has 4 fully saturated rings. The lowest BCUT2D eigenvalue weighted by atomic mass is 9.98. The van der Waals surface area contributed by atoms with Crippen molar-refractivity contribution in [1.29, 1.82) is 0 Å². The number of ether oxygens (including phenoxy) is 8. The molecule has 4 aliphatic rings. The SMILES string of the molecule is CC1(C)OC[C@H]([C@H]2OCO[C@@H]2[C@H](O)CO[C@@H]2O[C@H](CO[C@@H]3O[C@H](CO)[C@@H](O)[C@H](O)[C@H]3O)[C@@H](O)[C@H](O)[C@H]2O)O1. The van der Waals surface area contributed by atoms with Crippen LogP contribution in [0.4, 0.5) is 0 Å². The van der Waals surface area contributed by atoms with Gasteiger partial charge in [-0.1, -0.05) is 0 Å². The Morgan fingerprint density at radius 3 is 2.03 bits per heavy atom. The summed E-state index contributed by atoms with van der Waals surface area (Å²) in [4.78, 5) is 0. The minimum atomic E-state index is -1.72. The van der Waals surface area contributed by atoms with E-state index in [1.54, 1.807) is 13.8 Å². The van der Waals surface area contributed by atoms with E-state index in [-0.39, 0.29) is 13.4 Å². The summed E-state index contributed by atoms with van der Waals surface area (Å²) >= 11 is 0. The second-order valence-corrected chi connectivity index (χ2v) is 10.2. The Bertz CT molecular complexity index is 755. The third kappa shape index (κ3) is 6.46. The highest BCUT2D eigenvalue weighted by atomic mass is 16.8. The molecule has 0 aromatic heterocycles. The summed E-state index contributed by atoms with van der Waals surface area (Å²) in [5.74, 6) is -0.813. The van der Waals surface area contributed by atoms with Gasteiger partial charge < -0.3 is 78.7 Å². The van der Waals surface area contributed by atoms with Crippen LogP contribution in [0.3, 0.4) is 0 Å². The van der Waals surface area contributed by atoms with E-state index in [0.717, 1.165) is 0 Å². The van der Waals surface area contributed by atoms with Crippen molar-refractivity contribution in [3.8, 4) is 0 Å². The summed E-state index contributed by atoms with van der Waals surface area (Å²) in [5.41, 5.74) is 0. The van der Waals surface area contributed by atoms with Gasteiger partial charge >= 0.3 is 0 Å². The summed E-state index contributed by atoms with van der Waals surface area (Å²) in [7, 11) is 0. The lowest BCUT2D eigenvalue weighted by Crippen LogP contribution is -2.62. The maximum absolute atomic E-state index is 10.7. The normalized spacial score (nSPS) is 48.3. The third-order valence-electron chi connectivity index (χ3n) is 6.99. The molecule has 0 aromatic carbocycles. The molecule has 16 heteroatoms. The van der Waals surface area contributed by atoms with Crippen molar-refractivity contribution in [1.82, 2.24) is 0 Å². The summed E-state index contributed by atoms with van der Waals surface area (Å²) in [6, 6.07) is 0. The van der Waals surface area contributed by atoms with E-state index < -0.39 is 111 Å². The summed E-state index contributed by atoms with van der Waals surface area (Å²) in [6.45, 7) is 2.06. The molecule has 38 heavy (non-hydrogen) atoms. The molecule has 8 N–H and O–H groups in total. The van der Waals surface area contributed by atoms with Crippen LogP contribution in [0.25, 0.3) is 0 Å². The monoisotopic (exact) mass is 558 g/mol. The fourth-order valence-electron chi connectivity index (χ4n) is 4.79. The zero-order chi connectivity index (χ0) is 27.8. The van der Waals surface area contributed by atoms with E-state index in [0.29, 0.717) is 0 Å². The van der Waals surface area contributed by atoms with E-state index in [9.17, 15) is 40.9 Å². The highest BCUT2D eigenvalue weighted by molar-refractivity contribution is 4.93. The van der Waals surface area contributed by atoms with Crippen molar-refractivity contribution in [2.24, 2.45) is 0 Å². The minimum absolute atomic E-state index is 0.0858. The Balaban J connectivity index is 1.31. The van der Waals surface area contributed by atoms with Gasteiger partial charge in [0.05, 0.1) is 26.4 Å². The maximum Gasteiger partial charge on any atom is 0.186 e. The molecule has 0 unspecified atom stereocenters. The molecule has 16 nitrogen and oxygen atoms in total. The van der Waals surface area contributed by atoms with Crippen molar-refractivity contribution < 1.29 is 78.7 Å². The predicted molar refractivity (Wildman–Crippen MR) is 118 cm³/mol. The Morgan fingerprint density at radius 2 is 1.42 bits per heavy atom. The van der Waals surface area contributed by atoms with Gasteiger partial charge in [-0.2, -0.15) is 0 Å². The second-order valence-electron chi connectivity index (χ2n) is 10.2. The Labute approximate surface area is 218 Å². The number of hydrogen-bond acceptors (Lipinski definition) is 16. The Hall–Kier alpha value is -0.640. The van der Waals surface area contributed by atoms with E-state index in [2.05, 4.69) is 0 Å². The van der Waals surface area contributed by atoms with Gasteiger partial charge in [0, 0.05) is 0 Å². The van der Waals surface area contributed by atoms with Crippen LogP contribution in [0, 0.1) is 0 Å². The largest absolute Gasteiger partial charge is 0.394 e. The third-order valence-corrected chi connectivity index (χ3v) is 6.99. The van der Waals surface area contributed by atoms with Gasteiger partial charge in [0.1, 0.15) is 80.0 Å². The summed E-state index contributed by atoms with van der Waals surface area (Å²) in [6.07, 6.45) is -18.8. The van der Waals surface area contributed by atoms with Gasteiger partial charge in [0.25, 0.3) is 0 Å². The lowest BCUT2D eigenvalue weighted by molar-refractivity contribution is -0.333. The molecule has 0 aliphatic carbocycles. The van der Waals surface area contributed by atoms with Gasteiger partial charge in [-0.3, -0.25) is 0 Å². The molecule has 4 aliphatic heterocycles. The highest BCUT2D eigenvalue weighted by Crippen LogP contribution is 2.31. The summed E-state index contributed by atoms with van der Waals surface area (Å²) < 4.78 is 44.0. The standard InChI is InChI=1S/C22H38O16/c1-22(2)35-6-11(38-22)19-18(33-7-34-19)8(24)4-31-20-17(30)15(28)13(26)10(37-20)5-32-21-16(29)14(27)12(25)9(3-23)36-21/h8-21,23-30H,3-7H2,1-2H3/t8-,9-,10-,11-,12-,13-,14+,15+,16-,17-,18-,19-,20-,21-/m1/s1. The molecule has 14 atom stereocenters. The number of aliphatic hydroxyl groups is 8. The fraction of sp³-hybridized carbons (Fsp3) is 1.00. The minimum Gasteiger partial charge on any atom is -0.394 e. The molecule has 222 valence electrons. The zero-order valence-corrected chi connectivity index (χ0v) is 21.0. The molecule has 0 bridgehead atoms. The quantitative estimate of drug-likeness (QED) is 0.132. The first kappa shape index (κ1) is 30.3. The molecule has 4 heterocycles. The van der Waals surface area contributed by atoms with E-state index in [1.807, 2.05) is 0 Å². The van der Waals surface area contributed by atoms with Gasteiger partial charge in [0.15, 0.2) is 18.4 Å². The number of aliphatic hydroxyl groups excluding tert-OH is 8. The van der Waals surface area contributed by atoms with Gasteiger partial charge in [0.2, 0.25) is 0 Å². The molecular weight excluding hydrogens is 520 g/mol. The first-order valence-electron chi connectivity index (χ1n) is 12.4. The fourth-order valence-corrected chi connectivity index (χ4v) is 4.79. The van der Waals surface area contributed by atoms with Crippen molar-refractivity contribution in [3.63, 3.8) is 0 Å². The maximum atomic E-state index is 10.7. The molecule has 0 spiro atoms.